The monoisotopic (exact) mass is 267 g/mol. The molecule has 0 bridgehead atoms. The van der Waals surface area contributed by atoms with Crippen LogP contribution in [0.25, 0.3) is 0 Å². The maximum Gasteiger partial charge on any atom is 0.0672 e. The van der Waals surface area contributed by atoms with Crippen LogP contribution in [0.1, 0.15) is 57.6 Å². The normalized spacial score (nSPS) is 12.9. The molecular formula is C15H29N3O. The average molecular weight is 267 g/mol. The van der Waals surface area contributed by atoms with Gasteiger partial charge < -0.3 is 10.1 Å². The van der Waals surface area contributed by atoms with Crippen LogP contribution in [-0.2, 0) is 24.1 Å². The van der Waals surface area contributed by atoms with Gasteiger partial charge in [0.25, 0.3) is 0 Å². The van der Waals surface area contributed by atoms with E-state index < -0.39 is 0 Å². The van der Waals surface area contributed by atoms with Crippen molar-refractivity contribution in [2.24, 2.45) is 0 Å². The molecule has 1 rings (SSSR count). The fourth-order valence-electron chi connectivity index (χ4n) is 2.59. The molecule has 0 spiro atoms. The van der Waals surface area contributed by atoms with E-state index in [1.54, 1.807) is 0 Å². The van der Waals surface area contributed by atoms with Crippen LogP contribution in [0, 0.1) is 0 Å². The van der Waals surface area contributed by atoms with E-state index >= 15 is 0 Å². The van der Waals surface area contributed by atoms with Gasteiger partial charge in [0.1, 0.15) is 0 Å². The van der Waals surface area contributed by atoms with Crippen LogP contribution in [0.3, 0.4) is 0 Å². The Morgan fingerprint density at radius 1 is 1.21 bits per heavy atom. The maximum absolute atomic E-state index is 5.45. The van der Waals surface area contributed by atoms with Crippen LogP contribution in [-0.4, -0.2) is 29.5 Å². The second kappa shape index (κ2) is 8.33. The number of nitrogens with one attached hydrogen (secondary N) is 1. The number of rotatable bonds is 9. The van der Waals surface area contributed by atoms with Gasteiger partial charge in [0.05, 0.1) is 18.8 Å². The van der Waals surface area contributed by atoms with E-state index in [0.717, 1.165) is 39.1 Å². The van der Waals surface area contributed by atoms with E-state index in [9.17, 15) is 0 Å². The van der Waals surface area contributed by atoms with E-state index in [2.05, 4.69) is 37.7 Å². The number of aryl methyl sites for hydroxylation is 1. The zero-order chi connectivity index (χ0) is 14.3. The van der Waals surface area contributed by atoms with E-state index in [-0.39, 0.29) is 0 Å². The summed E-state index contributed by atoms with van der Waals surface area (Å²) in [6, 6.07) is 0.371. The lowest BCUT2D eigenvalue weighted by Crippen LogP contribution is -2.20. The molecule has 1 atom stereocenters. The molecule has 0 aromatic carbocycles. The van der Waals surface area contributed by atoms with Gasteiger partial charge in [0, 0.05) is 23.9 Å². The Hall–Kier alpha value is -0.870. The molecule has 110 valence electrons. The van der Waals surface area contributed by atoms with Crippen molar-refractivity contribution in [3.8, 4) is 0 Å². The van der Waals surface area contributed by atoms with Crippen LogP contribution in [0.2, 0.25) is 0 Å². The Labute approximate surface area is 117 Å². The van der Waals surface area contributed by atoms with Crippen molar-refractivity contribution in [2.45, 2.75) is 60.0 Å². The van der Waals surface area contributed by atoms with Gasteiger partial charge in [0.15, 0.2) is 0 Å². The molecule has 0 saturated heterocycles. The number of nitrogens with zero attached hydrogens (tertiary/aromatic N) is 2. The Morgan fingerprint density at radius 3 is 2.47 bits per heavy atom. The second-order valence-corrected chi connectivity index (χ2v) is 4.71. The minimum absolute atomic E-state index is 0.371. The summed E-state index contributed by atoms with van der Waals surface area (Å²) in [6.45, 7) is 14.1. The average Bonchev–Trinajstić information content (AvgIpc) is 2.77. The molecular weight excluding hydrogens is 238 g/mol. The molecule has 0 aliphatic heterocycles. The van der Waals surface area contributed by atoms with Gasteiger partial charge in [-0.15, -0.1) is 0 Å². The summed E-state index contributed by atoms with van der Waals surface area (Å²) in [4.78, 5) is 0. The molecule has 19 heavy (non-hydrogen) atoms. The third-order valence-electron chi connectivity index (χ3n) is 3.44. The van der Waals surface area contributed by atoms with E-state index in [1.807, 2.05) is 6.92 Å². The molecule has 0 aliphatic rings. The lowest BCUT2D eigenvalue weighted by Gasteiger charge is -2.15. The number of hydrogen-bond donors (Lipinski definition) is 1. The smallest absolute Gasteiger partial charge is 0.0672 e. The summed E-state index contributed by atoms with van der Waals surface area (Å²) in [5.74, 6) is 0. The summed E-state index contributed by atoms with van der Waals surface area (Å²) >= 11 is 0. The predicted molar refractivity (Wildman–Crippen MR) is 79.6 cm³/mol. The lowest BCUT2D eigenvalue weighted by molar-refractivity contribution is 0.135. The zero-order valence-corrected chi connectivity index (χ0v) is 13.1. The van der Waals surface area contributed by atoms with Crippen LogP contribution in [0.4, 0.5) is 0 Å². The second-order valence-electron chi connectivity index (χ2n) is 4.71. The summed E-state index contributed by atoms with van der Waals surface area (Å²) in [5.41, 5.74) is 3.97. The first kappa shape index (κ1) is 16.2. The standard InChI is InChI=1S/C15H29N3O/c1-6-13-15(12(5)16-8-3)14(7-2)18(17-13)10-11-19-9-4/h12,16H,6-11H2,1-5H3. The fourth-order valence-corrected chi connectivity index (χ4v) is 2.59. The zero-order valence-electron chi connectivity index (χ0n) is 13.1. The number of aromatic nitrogens is 2. The van der Waals surface area contributed by atoms with Crippen LogP contribution < -0.4 is 5.32 Å². The quantitative estimate of drug-likeness (QED) is 0.699. The molecule has 0 aliphatic carbocycles. The van der Waals surface area contributed by atoms with Gasteiger partial charge in [-0.3, -0.25) is 4.68 Å². The Balaban J connectivity index is 2.99. The third kappa shape index (κ3) is 4.05. The molecule has 0 radical (unpaired) electrons. The Bertz CT molecular complexity index is 374. The van der Waals surface area contributed by atoms with Gasteiger partial charge >= 0.3 is 0 Å². The van der Waals surface area contributed by atoms with E-state index in [1.165, 1.54) is 17.0 Å². The molecule has 4 heteroatoms. The first-order valence-corrected chi connectivity index (χ1v) is 7.58. The van der Waals surface area contributed by atoms with Crippen molar-refractivity contribution in [1.29, 1.82) is 0 Å². The third-order valence-corrected chi connectivity index (χ3v) is 3.44. The van der Waals surface area contributed by atoms with Crippen LogP contribution in [0.15, 0.2) is 0 Å². The van der Waals surface area contributed by atoms with Gasteiger partial charge in [-0.05, 0) is 33.2 Å². The van der Waals surface area contributed by atoms with Crippen LogP contribution in [0.5, 0.6) is 0 Å². The Kier molecular flexibility index (Phi) is 7.10. The van der Waals surface area contributed by atoms with Gasteiger partial charge in [0.2, 0.25) is 0 Å². The largest absolute Gasteiger partial charge is 0.380 e. The number of ether oxygens (including phenoxy) is 1. The van der Waals surface area contributed by atoms with E-state index in [4.69, 9.17) is 9.84 Å². The maximum atomic E-state index is 5.45. The Morgan fingerprint density at radius 2 is 1.95 bits per heavy atom. The molecule has 0 fully saturated rings. The minimum atomic E-state index is 0.371. The van der Waals surface area contributed by atoms with E-state index in [0.29, 0.717) is 6.04 Å². The summed E-state index contributed by atoms with van der Waals surface area (Å²) in [5, 5.41) is 8.28. The fraction of sp³-hybridized carbons (Fsp3) is 0.800. The van der Waals surface area contributed by atoms with Crippen molar-refractivity contribution in [3.63, 3.8) is 0 Å². The molecule has 1 aromatic heterocycles. The highest BCUT2D eigenvalue weighted by molar-refractivity contribution is 5.30. The molecule has 4 nitrogen and oxygen atoms in total. The van der Waals surface area contributed by atoms with Crippen molar-refractivity contribution in [3.05, 3.63) is 17.0 Å². The van der Waals surface area contributed by atoms with Crippen LogP contribution >= 0.6 is 0 Å². The van der Waals surface area contributed by atoms with Crippen molar-refractivity contribution >= 4 is 0 Å². The SMILES string of the molecule is CCNC(C)c1c(CC)nn(CCOCC)c1CC. The minimum Gasteiger partial charge on any atom is -0.380 e. The first-order chi connectivity index (χ1) is 9.19. The molecule has 0 amide bonds. The van der Waals surface area contributed by atoms with Crippen molar-refractivity contribution in [2.75, 3.05) is 19.8 Å². The topological polar surface area (TPSA) is 39.1 Å². The van der Waals surface area contributed by atoms with Gasteiger partial charge in [-0.25, -0.2) is 0 Å². The number of hydrogen-bond acceptors (Lipinski definition) is 3. The molecule has 1 N–H and O–H groups in total. The van der Waals surface area contributed by atoms with Crippen molar-refractivity contribution < 1.29 is 4.74 Å². The summed E-state index contributed by atoms with van der Waals surface area (Å²) in [6.07, 6.45) is 2.00. The molecule has 1 aromatic rings. The van der Waals surface area contributed by atoms with Gasteiger partial charge in [-0.1, -0.05) is 20.8 Å². The molecule has 0 saturated carbocycles. The van der Waals surface area contributed by atoms with Gasteiger partial charge in [-0.2, -0.15) is 5.10 Å². The highest BCUT2D eigenvalue weighted by atomic mass is 16.5. The predicted octanol–water partition coefficient (Wildman–Crippen LogP) is 2.71. The molecule has 1 heterocycles. The highest BCUT2D eigenvalue weighted by Gasteiger charge is 2.19. The first-order valence-electron chi connectivity index (χ1n) is 7.58. The summed E-state index contributed by atoms with van der Waals surface area (Å²) < 4.78 is 7.59. The molecule has 1 unspecified atom stereocenters. The lowest BCUT2D eigenvalue weighted by atomic mass is 10.0. The highest BCUT2D eigenvalue weighted by Crippen LogP contribution is 2.23. The summed E-state index contributed by atoms with van der Waals surface area (Å²) in [7, 11) is 0. The van der Waals surface area contributed by atoms with Crippen molar-refractivity contribution in [1.82, 2.24) is 15.1 Å².